The van der Waals surface area contributed by atoms with Crippen molar-refractivity contribution in [3.63, 3.8) is 0 Å². The van der Waals surface area contributed by atoms with Crippen LogP contribution in [0.15, 0.2) is 55.6 Å². The zero-order chi connectivity index (χ0) is 27.9. The highest BCUT2D eigenvalue weighted by atomic mass is 19.4. The quantitative estimate of drug-likeness (QED) is 0.166. The summed E-state index contributed by atoms with van der Waals surface area (Å²) < 4.78 is 76.4. The molecule has 0 aliphatic heterocycles. The number of alkyl halides is 6. The normalized spacial score (nSPS) is 12.3. The molecule has 2 aromatic carbocycles. The van der Waals surface area contributed by atoms with Crippen molar-refractivity contribution in [2.75, 3.05) is 0 Å². The average Bonchev–Trinajstić information content (AvgIpc) is 2.78. The van der Waals surface area contributed by atoms with Crippen molar-refractivity contribution in [1.29, 1.82) is 0 Å². The lowest BCUT2D eigenvalue weighted by Crippen LogP contribution is -2.53. The number of fused-ring (bicyclic) bond motifs is 2. The van der Waals surface area contributed by atoms with E-state index in [1.807, 2.05) is 9.97 Å². The van der Waals surface area contributed by atoms with E-state index < -0.39 is 57.2 Å². The monoisotopic (exact) mass is 534 g/mol. The number of aromatic nitrogens is 4. The number of aromatic carboxylic acids is 1. The van der Waals surface area contributed by atoms with E-state index in [4.69, 9.17) is 5.11 Å². The standard InChI is InChI=1S/C11H6F6N2O3.C9H6N2O4/c12-10(13,14)9(22,11(15,16)17)4-1-2-5-6(3-4)19-8(21)7(20)18-5;12-7-8(13)11-6-3-4(9(14)15)1-2-5(6)10-7/h1-3,22H,(H,18,20)(H,19,21);1-3H,(H,10,12)(H,11,13)(H,14,15). The van der Waals surface area contributed by atoms with Gasteiger partial charge in [-0.15, -0.1) is 0 Å². The molecular weight excluding hydrogens is 522 g/mol. The third-order valence-corrected chi connectivity index (χ3v) is 4.93. The molecule has 0 aliphatic rings. The number of nitrogens with one attached hydrogen (secondary N) is 4. The SMILES string of the molecule is O=C(O)c1ccc2[nH]c(=O)c(=O)[nH]c2c1.O=c1[nH]c2ccc(C(O)(C(F)(F)F)C(F)(F)F)cc2[nH]c1=O. The van der Waals surface area contributed by atoms with E-state index in [0.717, 1.165) is 0 Å². The van der Waals surface area contributed by atoms with Gasteiger partial charge in [0.15, 0.2) is 0 Å². The number of hydrogen-bond acceptors (Lipinski definition) is 6. The van der Waals surface area contributed by atoms with Gasteiger partial charge < -0.3 is 30.1 Å². The number of hydrogen-bond donors (Lipinski definition) is 6. The Bertz CT molecular complexity index is 1730. The van der Waals surface area contributed by atoms with Gasteiger partial charge in [0.25, 0.3) is 5.60 Å². The van der Waals surface area contributed by atoms with Gasteiger partial charge in [-0.05, 0) is 30.3 Å². The van der Waals surface area contributed by atoms with Crippen molar-refractivity contribution in [3.05, 3.63) is 88.9 Å². The molecule has 17 heteroatoms. The fourth-order valence-electron chi connectivity index (χ4n) is 3.08. The summed E-state index contributed by atoms with van der Waals surface area (Å²) in [6, 6.07) is 5.43. The number of carboxylic acids is 1. The van der Waals surface area contributed by atoms with Crippen LogP contribution in [-0.4, -0.2) is 48.5 Å². The largest absolute Gasteiger partial charge is 0.478 e. The Morgan fingerprint density at radius 1 is 0.622 bits per heavy atom. The van der Waals surface area contributed by atoms with Crippen molar-refractivity contribution >= 4 is 28.0 Å². The van der Waals surface area contributed by atoms with Crippen LogP contribution in [0.1, 0.15) is 15.9 Å². The maximum absolute atomic E-state index is 12.7. The van der Waals surface area contributed by atoms with E-state index in [1.54, 1.807) is 0 Å². The lowest BCUT2D eigenvalue weighted by molar-refractivity contribution is -0.376. The molecule has 37 heavy (non-hydrogen) atoms. The van der Waals surface area contributed by atoms with Gasteiger partial charge in [-0.1, -0.05) is 6.07 Å². The molecule has 2 heterocycles. The highest BCUT2D eigenvalue weighted by molar-refractivity contribution is 5.92. The lowest BCUT2D eigenvalue weighted by atomic mass is 9.92. The molecule has 11 nitrogen and oxygen atoms in total. The molecule has 6 N–H and O–H groups in total. The molecule has 2 aromatic heterocycles. The lowest BCUT2D eigenvalue weighted by Gasteiger charge is -2.32. The summed E-state index contributed by atoms with van der Waals surface area (Å²) in [5, 5.41) is 17.9. The number of carbonyl (C=O) groups is 1. The summed E-state index contributed by atoms with van der Waals surface area (Å²) in [4.78, 5) is 63.1. The molecular formula is C20H12F6N4O7. The summed E-state index contributed by atoms with van der Waals surface area (Å²) in [6.45, 7) is 0. The summed E-state index contributed by atoms with van der Waals surface area (Å²) in [5.74, 6) is -1.09. The van der Waals surface area contributed by atoms with Gasteiger partial charge in [-0.3, -0.25) is 19.2 Å². The van der Waals surface area contributed by atoms with Gasteiger partial charge in [-0.2, -0.15) is 26.3 Å². The first-order valence-corrected chi connectivity index (χ1v) is 9.58. The molecule has 0 saturated heterocycles. The Morgan fingerprint density at radius 3 is 1.41 bits per heavy atom. The molecule has 0 radical (unpaired) electrons. The van der Waals surface area contributed by atoms with E-state index in [-0.39, 0.29) is 11.1 Å². The smallest absolute Gasteiger partial charge is 0.430 e. The Morgan fingerprint density at radius 2 is 1.00 bits per heavy atom. The predicted molar refractivity (Wildman–Crippen MR) is 113 cm³/mol. The highest BCUT2D eigenvalue weighted by Gasteiger charge is 2.71. The van der Waals surface area contributed by atoms with Crippen molar-refractivity contribution < 1.29 is 41.4 Å². The highest BCUT2D eigenvalue weighted by Crippen LogP contribution is 2.50. The molecule has 0 spiro atoms. The average molecular weight is 534 g/mol. The number of aliphatic hydroxyl groups is 1. The first-order valence-electron chi connectivity index (χ1n) is 9.58. The summed E-state index contributed by atoms with van der Waals surface area (Å²) >= 11 is 0. The van der Waals surface area contributed by atoms with Gasteiger partial charge in [-0.25, -0.2) is 4.79 Å². The van der Waals surface area contributed by atoms with E-state index >= 15 is 0 Å². The molecule has 0 atom stereocenters. The van der Waals surface area contributed by atoms with Crippen LogP contribution in [0, 0.1) is 0 Å². The molecule has 4 aromatic rings. The van der Waals surface area contributed by atoms with Crippen molar-refractivity contribution in [2.45, 2.75) is 18.0 Å². The molecule has 0 bridgehead atoms. The Balaban J connectivity index is 0.000000220. The number of aromatic amines is 4. The first kappa shape index (κ1) is 26.9. The number of H-pyrrole nitrogens is 4. The first-order chi connectivity index (χ1) is 17.0. The van der Waals surface area contributed by atoms with Gasteiger partial charge in [0, 0.05) is 5.56 Å². The Labute approximate surface area is 197 Å². The maximum Gasteiger partial charge on any atom is 0.430 e. The minimum atomic E-state index is -6.04. The molecule has 0 amide bonds. The zero-order valence-corrected chi connectivity index (χ0v) is 17.7. The van der Waals surface area contributed by atoms with Gasteiger partial charge in [0.1, 0.15) is 0 Å². The summed E-state index contributed by atoms with van der Waals surface area (Å²) in [7, 11) is 0. The minimum absolute atomic E-state index is 0.0465. The zero-order valence-electron chi connectivity index (χ0n) is 17.7. The van der Waals surface area contributed by atoms with Crippen molar-refractivity contribution in [2.24, 2.45) is 0 Å². The van der Waals surface area contributed by atoms with Crippen LogP contribution in [0.25, 0.3) is 22.1 Å². The molecule has 4 rings (SSSR count). The van der Waals surface area contributed by atoms with Crippen molar-refractivity contribution in [1.82, 2.24) is 19.9 Å². The molecule has 0 saturated carbocycles. The second-order valence-corrected chi connectivity index (χ2v) is 7.35. The number of rotatable bonds is 2. The van der Waals surface area contributed by atoms with Gasteiger partial charge in [0.05, 0.1) is 27.6 Å². The molecule has 0 unspecified atom stereocenters. The van der Waals surface area contributed by atoms with E-state index in [0.29, 0.717) is 29.2 Å². The van der Waals surface area contributed by atoms with Gasteiger partial charge in [0.2, 0.25) is 0 Å². The third-order valence-electron chi connectivity index (χ3n) is 4.93. The van der Waals surface area contributed by atoms with E-state index in [2.05, 4.69) is 9.97 Å². The van der Waals surface area contributed by atoms with Crippen LogP contribution in [0.3, 0.4) is 0 Å². The fourth-order valence-corrected chi connectivity index (χ4v) is 3.08. The van der Waals surface area contributed by atoms with E-state index in [9.17, 15) is 55.4 Å². The van der Waals surface area contributed by atoms with Gasteiger partial charge >= 0.3 is 40.6 Å². The molecule has 0 fully saturated rings. The Hall–Kier alpha value is -4.67. The van der Waals surface area contributed by atoms with Crippen molar-refractivity contribution in [3.8, 4) is 0 Å². The van der Waals surface area contributed by atoms with Crippen LogP contribution in [0.4, 0.5) is 26.3 Å². The van der Waals surface area contributed by atoms with Crippen LogP contribution < -0.4 is 22.2 Å². The molecule has 196 valence electrons. The second kappa shape index (κ2) is 9.08. The topological polar surface area (TPSA) is 189 Å². The van der Waals surface area contributed by atoms with Crippen LogP contribution in [0.2, 0.25) is 0 Å². The molecule has 0 aliphatic carbocycles. The second-order valence-electron chi connectivity index (χ2n) is 7.35. The number of carboxylic acid groups (broad SMARTS) is 1. The summed E-state index contributed by atoms with van der Waals surface area (Å²) in [5.41, 5.74) is -10.5. The number of benzene rings is 2. The Kier molecular flexibility index (Phi) is 6.61. The van der Waals surface area contributed by atoms with E-state index in [1.165, 1.54) is 18.2 Å². The van der Waals surface area contributed by atoms with Crippen LogP contribution in [-0.2, 0) is 5.60 Å². The number of halogens is 6. The maximum atomic E-state index is 12.7. The van der Waals surface area contributed by atoms with Crippen LogP contribution in [0.5, 0.6) is 0 Å². The predicted octanol–water partition coefficient (Wildman–Crippen LogP) is 1.44. The third kappa shape index (κ3) is 5.01. The van der Waals surface area contributed by atoms with Crippen LogP contribution >= 0.6 is 0 Å². The minimum Gasteiger partial charge on any atom is -0.478 e. The fraction of sp³-hybridized carbons (Fsp3) is 0.150. The summed E-state index contributed by atoms with van der Waals surface area (Å²) in [6.07, 6.45) is -12.1.